The molecule has 2 N–H and O–H groups in total. The Kier molecular flexibility index (Phi) is 4.67. The summed E-state index contributed by atoms with van der Waals surface area (Å²) in [5.41, 5.74) is 0.125. The van der Waals surface area contributed by atoms with Crippen molar-refractivity contribution in [3.8, 4) is 0 Å². The van der Waals surface area contributed by atoms with E-state index in [-0.39, 0.29) is 17.8 Å². The van der Waals surface area contributed by atoms with Gasteiger partial charge in [0.25, 0.3) is 0 Å². The van der Waals surface area contributed by atoms with Gasteiger partial charge in [-0.2, -0.15) is 0 Å². The minimum Gasteiger partial charge on any atom is -0.386 e. The van der Waals surface area contributed by atoms with Gasteiger partial charge in [-0.25, -0.2) is 13.2 Å². The Balaban J connectivity index is 2.11. The van der Waals surface area contributed by atoms with Crippen LogP contribution in [-0.2, 0) is 0 Å². The van der Waals surface area contributed by atoms with Crippen LogP contribution in [0.15, 0.2) is 40.9 Å². The number of aliphatic hydroxyl groups is 1. The number of aliphatic hydroxyl groups excluding tert-OH is 1. The van der Waals surface area contributed by atoms with Gasteiger partial charge in [-0.1, -0.05) is 12.1 Å². The van der Waals surface area contributed by atoms with Crippen molar-refractivity contribution < 1.29 is 18.3 Å². The summed E-state index contributed by atoms with van der Waals surface area (Å²) in [6, 6.07) is 7.33. The fourth-order valence-corrected chi connectivity index (χ4v) is 2.23. The first-order valence-electron chi connectivity index (χ1n) is 5.80. The van der Waals surface area contributed by atoms with Crippen LogP contribution in [0.4, 0.5) is 18.9 Å². The molecule has 1 unspecified atom stereocenters. The summed E-state index contributed by atoms with van der Waals surface area (Å²) in [7, 11) is 0. The zero-order chi connectivity index (χ0) is 14.7. The standard InChI is InChI=1S/C14H11BrF3NO/c15-10-2-1-3-11(17)14(10)19-7-13(20)9-5-4-8(16)6-12(9)18/h1-6,13,19-20H,7H2. The zero-order valence-electron chi connectivity index (χ0n) is 10.2. The van der Waals surface area contributed by atoms with Crippen molar-refractivity contribution in [2.75, 3.05) is 11.9 Å². The molecule has 0 aromatic heterocycles. The molecule has 2 aromatic carbocycles. The highest BCUT2D eigenvalue weighted by atomic mass is 79.9. The predicted octanol–water partition coefficient (Wildman–Crippen LogP) is 4.01. The summed E-state index contributed by atoms with van der Waals surface area (Å²) in [5, 5.41) is 12.6. The van der Waals surface area contributed by atoms with Gasteiger partial charge in [0, 0.05) is 22.6 Å². The Morgan fingerprint density at radius 3 is 2.50 bits per heavy atom. The monoisotopic (exact) mass is 345 g/mol. The van der Waals surface area contributed by atoms with Crippen LogP contribution in [0.25, 0.3) is 0 Å². The van der Waals surface area contributed by atoms with Crippen LogP contribution in [0.3, 0.4) is 0 Å². The van der Waals surface area contributed by atoms with Crippen LogP contribution >= 0.6 is 15.9 Å². The van der Waals surface area contributed by atoms with E-state index in [0.717, 1.165) is 12.1 Å². The molecule has 0 heterocycles. The number of nitrogens with one attached hydrogen (secondary N) is 1. The lowest BCUT2D eigenvalue weighted by Crippen LogP contribution is -2.14. The first kappa shape index (κ1) is 14.9. The van der Waals surface area contributed by atoms with Gasteiger partial charge in [-0.05, 0) is 34.1 Å². The van der Waals surface area contributed by atoms with Crippen molar-refractivity contribution in [1.82, 2.24) is 0 Å². The Morgan fingerprint density at radius 1 is 1.10 bits per heavy atom. The molecule has 6 heteroatoms. The van der Waals surface area contributed by atoms with Gasteiger partial charge in [-0.3, -0.25) is 0 Å². The van der Waals surface area contributed by atoms with Crippen LogP contribution in [-0.4, -0.2) is 11.7 Å². The van der Waals surface area contributed by atoms with Crippen molar-refractivity contribution in [3.63, 3.8) is 0 Å². The molecule has 20 heavy (non-hydrogen) atoms. The lowest BCUT2D eigenvalue weighted by atomic mass is 10.1. The highest BCUT2D eigenvalue weighted by molar-refractivity contribution is 9.10. The molecule has 0 bridgehead atoms. The van der Waals surface area contributed by atoms with E-state index in [1.807, 2.05) is 0 Å². The van der Waals surface area contributed by atoms with Gasteiger partial charge in [0.2, 0.25) is 0 Å². The molecule has 0 aliphatic carbocycles. The second-order valence-electron chi connectivity index (χ2n) is 4.16. The fourth-order valence-electron chi connectivity index (χ4n) is 1.75. The third-order valence-corrected chi connectivity index (χ3v) is 3.42. The third kappa shape index (κ3) is 3.32. The minimum atomic E-state index is -1.22. The Morgan fingerprint density at radius 2 is 1.85 bits per heavy atom. The van der Waals surface area contributed by atoms with Gasteiger partial charge in [0.15, 0.2) is 0 Å². The van der Waals surface area contributed by atoms with E-state index in [9.17, 15) is 18.3 Å². The Hall–Kier alpha value is -1.53. The maximum Gasteiger partial charge on any atom is 0.147 e. The number of rotatable bonds is 4. The molecular formula is C14H11BrF3NO. The molecule has 0 amide bonds. The van der Waals surface area contributed by atoms with Gasteiger partial charge in [0.05, 0.1) is 11.8 Å². The first-order valence-corrected chi connectivity index (χ1v) is 6.59. The van der Waals surface area contributed by atoms with E-state index in [1.54, 1.807) is 6.07 Å². The number of benzene rings is 2. The van der Waals surface area contributed by atoms with Crippen LogP contribution in [0.2, 0.25) is 0 Å². The van der Waals surface area contributed by atoms with E-state index < -0.39 is 23.6 Å². The second kappa shape index (κ2) is 6.28. The molecule has 1 atom stereocenters. The van der Waals surface area contributed by atoms with Crippen molar-refractivity contribution >= 4 is 21.6 Å². The van der Waals surface area contributed by atoms with Gasteiger partial charge in [0.1, 0.15) is 17.5 Å². The second-order valence-corrected chi connectivity index (χ2v) is 5.01. The summed E-state index contributed by atoms with van der Waals surface area (Å²) < 4.78 is 40.3. The summed E-state index contributed by atoms with van der Waals surface area (Å²) in [5.74, 6) is -2.05. The normalized spacial score (nSPS) is 12.2. The SMILES string of the molecule is OC(CNc1c(F)cccc1Br)c1ccc(F)cc1F. The Bertz CT molecular complexity index is 601. The van der Waals surface area contributed by atoms with Crippen molar-refractivity contribution in [2.45, 2.75) is 6.10 Å². The van der Waals surface area contributed by atoms with Gasteiger partial charge in [-0.15, -0.1) is 0 Å². The largest absolute Gasteiger partial charge is 0.386 e. The molecule has 0 saturated heterocycles. The average molecular weight is 346 g/mol. The van der Waals surface area contributed by atoms with Crippen molar-refractivity contribution in [2.24, 2.45) is 0 Å². The van der Waals surface area contributed by atoms with E-state index in [0.29, 0.717) is 10.5 Å². The maximum absolute atomic E-state index is 13.5. The minimum absolute atomic E-state index is 0.0497. The van der Waals surface area contributed by atoms with E-state index in [2.05, 4.69) is 21.2 Å². The smallest absolute Gasteiger partial charge is 0.147 e. The highest BCUT2D eigenvalue weighted by Gasteiger charge is 2.15. The molecule has 0 fully saturated rings. The number of para-hydroxylation sites is 1. The molecule has 2 rings (SSSR count). The lowest BCUT2D eigenvalue weighted by Gasteiger charge is -2.15. The molecular weight excluding hydrogens is 335 g/mol. The molecule has 0 aliphatic rings. The van der Waals surface area contributed by atoms with Crippen LogP contribution < -0.4 is 5.32 Å². The zero-order valence-corrected chi connectivity index (χ0v) is 11.8. The number of anilines is 1. The maximum atomic E-state index is 13.5. The molecule has 2 aromatic rings. The van der Waals surface area contributed by atoms with Crippen molar-refractivity contribution in [3.05, 3.63) is 63.9 Å². The molecule has 2 nitrogen and oxygen atoms in total. The summed E-state index contributed by atoms with van der Waals surface area (Å²) in [6.45, 7) is -0.109. The van der Waals surface area contributed by atoms with Crippen LogP contribution in [0.1, 0.15) is 11.7 Å². The van der Waals surface area contributed by atoms with Gasteiger partial charge >= 0.3 is 0 Å². The average Bonchev–Trinajstić information content (AvgIpc) is 2.37. The highest BCUT2D eigenvalue weighted by Crippen LogP contribution is 2.26. The Labute approximate surface area is 122 Å². The van der Waals surface area contributed by atoms with E-state index in [1.165, 1.54) is 12.1 Å². The topological polar surface area (TPSA) is 32.3 Å². The summed E-state index contributed by atoms with van der Waals surface area (Å²) in [6.07, 6.45) is -1.22. The number of hydrogen-bond acceptors (Lipinski definition) is 2. The van der Waals surface area contributed by atoms with Crippen LogP contribution in [0, 0.1) is 17.5 Å². The van der Waals surface area contributed by atoms with Crippen molar-refractivity contribution in [1.29, 1.82) is 0 Å². The van der Waals surface area contributed by atoms with E-state index >= 15 is 0 Å². The quantitative estimate of drug-likeness (QED) is 0.877. The molecule has 0 spiro atoms. The predicted molar refractivity (Wildman–Crippen MR) is 73.9 cm³/mol. The molecule has 0 aliphatic heterocycles. The van der Waals surface area contributed by atoms with Crippen LogP contribution in [0.5, 0.6) is 0 Å². The lowest BCUT2D eigenvalue weighted by molar-refractivity contribution is 0.186. The van der Waals surface area contributed by atoms with E-state index in [4.69, 9.17) is 0 Å². The molecule has 0 saturated carbocycles. The molecule has 0 radical (unpaired) electrons. The number of hydrogen-bond donors (Lipinski definition) is 2. The van der Waals surface area contributed by atoms with Gasteiger partial charge < -0.3 is 10.4 Å². The summed E-state index contributed by atoms with van der Waals surface area (Å²) >= 11 is 3.17. The first-order chi connectivity index (χ1) is 9.49. The fraction of sp³-hybridized carbons (Fsp3) is 0.143. The molecule has 106 valence electrons. The number of halogens is 4. The summed E-state index contributed by atoms with van der Waals surface area (Å²) in [4.78, 5) is 0. The third-order valence-electron chi connectivity index (χ3n) is 2.76.